The Bertz CT molecular complexity index is 123. The van der Waals surface area contributed by atoms with Crippen LogP contribution in [0.4, 0.5) is 0 Å². The quantitative estimate of drug-likeness (QED) is 0.368. The first kappa shape index (κ1) is 8.75. The standard InChI is InChI=1S/C9H18N2/c1-2-5-8-6-3-4-7-9(8)11-10/h2,8-9,11H,1,3-7,10H2/t8-,9+/m1/s1. The summed E-state index contributed by atoms with van der Waals surface area (Å²) < 4.78 is 0. The van der Waals surface area contributed by atoms with Crippen LogP contribution in [0.25, 0.3) is 0 Å². The number of nitrogens with two attached hydrogens (primary N) is 1. The fourth-order valence-corrected chi connectivity index (χ4v) is 1.92. The summed E-state index contributed by atoms with van der Waals surface area (Å²) in [5, 5.41) is 0. The third kappa shape index (κ3) is 2.31. The minimum absolute atomic E-state index is 0.529. The van der Waals surface area contributed by atoms with E-state index >= 15 is 0 Å². The van der Waals surface area contributed by atoms with Gasteiger partial charge in [0, 0.05) is 6.04 Å². The molecular weight excluding hydrogens is 136 g/mol. The molecule has 2 heteroatoms. The number of nitrogens with one attached hydrogen (secondary N) is 1. The van der Waals surface area contributed by atoms with Crippen molar-refractivity contribution in [3.05, 3.63) is 12.7 Å². The van der Waals surface area contributed by atoms with Gasteiger partial charge in [-0.1, -0.05) is 18.9 Å². The van der Waals surface area contributed by atoms with E-state index in [4.69, 9.17) is 5.84 Å². The van der Waals surface area contributed by atoms with Gasteiger partial charge in [-0.05, 0) is 25.2 Å². The monoisotopic (exact) mass is 154 g/mol. The molecule has 0 amide bonds. The van der Waals surface area contributed by atoms with Crippen LogP contribution >= 0.6 is 0 Å². The first-order valence-corrected chi connectivity index (χ1v) is 4.45. The van der Waals surface area contributed by atoms with Crippen molar-refractivity contribution in [1.82, 2.24) is 5.43 Å². The van der Waals surface area contributed by atoms with Gasteiger partial charge in [0.05, 0.1) is 0 Å². The Kier molecular flexibility index (Phi) is 3.60. The lowest BCUT2D eigenvalue weighted by Crippen LogP contribution is -2.42. The summed E-state index contributed by atoms with van der Waals surface area (Å²) in [5.74, 6) is 6.17. The van der Waals surface area contributed by atoms with E-state index in [9.17, 15) is 0 Å². The van der Waals surface area contributed by atoms with Crippen LogP contribution in [0.15, 0.2) is 12.7 Å². The second-order valence-electron chi connectivity index (χ2n) is 3.34. The van der Waals surface area contributed by atoms with Crippen LogP contribution in [0, 0.1) is 5.92 Å². The summed E-state index contributed by atoms with van der Waals surface area (Å²) in [6.07, 6.45) is 8.32. The van der Waals surface area contributed by atoms with Crippen LogP contribution < -0.4 is 11.3 Å². The molecule has 2 atom stereocenters. The summed E-state index contributed by atoms with van der Waals surface area (Å²) >= 11 is 0. The lowest BCUT2D eigenvalue weighted by molar-refractivity contribution is 0.266. The second kappa shape index (κ2) is 4.52. The molecule has 11 heavy (non-hydrogen) atoms. The Hall–Kier alpha value is -0.340. The SMILES string of the molecule is C=CC[C@@H]1CCCC[C@@H]1NN. The molecule has 0 aromatic carbocycles. The molecule has 0 aromatic heterocycles. The zero-order chi connectivity index (χ0) is 8.10. The molecule has 3 N–H and O–H groups in total. The highest BCUT2D eigenvalue weighted by molar-refractivity contribution is 4.84. The minimum Gasteiger partial charge on any atom is -0.271 e. The van der Waals surface area contributed by atoms with E-state index in [1.54, 1.807) is 0 Å². The van der Waals surface area contributed by atoms with Gasteiger partial charge in [-0.15, -0.1) is 6.58 Å². The van der Waals surface area contributed by atoms with E-state index in [2.05, 4.69) is 12.0 Å². The number of hydrogen-bond acceptors (Lipinski definition) is 2. The lowest BCUT2D eigenvalue weighted by Gasteiger charge is -2.29. The summed E-state index contributed by atoms with van der Waals surface area (Å²) in [5.41, 5.74) is 2.89. The van der Waals surface area contributed by atoms with Gasteiger partial charge in [0.1, 0.15) is 0 Å². The molecule has 0 heterocycles. The molecule has 1 fully saturated rings. The normalized spacial score (nSPS) is 31.7. The second-order valence-corrected chi connectivity index (χ2v) is 3.34. The molecule has 0 saturated heterocycles. The molecule has 0 aromatic rings. The van der Waals surface area contributed by atoms with Crippen LogP contribution in [0.2, 0.25) is 0 Å². The highest BCUT2D eigenvalue weighted by Gasteiger charge is 2.22. The predicted molar refractivity (Wildman–Crippen MR) is 47.9 cm³/mol. The van der Waals surface area contributed by atoms with Crippen molar-refractivity contribution in [2.24, 2.45) is 11.8 Å². The van der Waals surface area contributed by atoms with Gasteiger partial charge in [-0.25, -0.2) is 0 Å². The van der Waals surface area contributed by atoms with Crippen LogP contribution in [-0.4, -0.2) is 6.04 Å². The smallest absolute Gasteiger partial charge is 0.0241 e. The van der Waals surface area contributed by atoms with Gasteiger partial charge < -0.3 is 0 Å². The predicted octanol–water partition coefficient (Wildman–Crippen LogP) is 1.58. The molecule has 1 aliphatic rings. The topological polar surface area (TPSA) is 38.0 Å². The maximum atomic E-state index is 5.44. The Morgan fingerprint density at radius 2 is 2.18 bits per heavy atom. The van der Waals surface area contributed by atoms with E-state index in [0.717, 1.165) is 12.3 Å². The Morgan fingerprint density at radius 1 is 1.45 bits per heavy atom. The highest BCUT2D eigenvalue weighted by atomic mass is 15.2. The maximum Gasteiger partial charge on any atom is 0.0241 e. The molecule has 2 nitrogen and oxygen atoms in total. The van der Waals surface area contributed by atoms with Crippen molar-refractivity contribution < 1.29 is 0 Å². The average molecular weight is 154 g/mol. The fraction of sp³-hybridized carbons (Fsp3) is 0.778. The number of allylic oxidation sites excluding steroid dienone is 1. The molecule has 0 spiro atoms. The molecular formula is C9H18N2. The molecule has 1 saturated carbocycles. The zero-order valence-electron chi connectivity index (χ0n) is 7.05. The van der Waals surface area contributed by atoms with Crippen molar-refractivity contribution in [3.8, 4) is 0 Å². The first-order valence-electron chi connectivity index (χ1n) is 4.45. The van der Waals surface area contributed by atoms with Gasteiger partial charge in [-0.3, -0.25) is 11.3 Å². The van der Waals surface area contributed by atoms with Gasteiger partial charge in [-0.2, -0.15) is 0 Å². The van der Waals surface area contributed by atoms with E-state index in [-0.39, 0.29) is 0 Å². The summed E-state index contributed by atoms with van der Waals surface area (Å²) in [4.78, 5) is 0. The van der Waals surface area contributed by atoms with Crippen molar-refractivity contribution in [2.75, 3.05) is 0 Å². The molecule has 1 rings (SSSR count). The van der Waals surface area contributed by atoms with Crippen LogP contribution in [0.5, 0.6) is 0 Å². The largest absolute Gasteiger partial charge is 0.271 e. The Labute approximate surface area is 68.8 Å². The Morgan fingerprint density at radius 3 is 2.82 bits per heavy atom. The van der Waals surface area contributed by atoms with Crippen LogP contribution in [0.1, 0.15) is 32.1 Å². The third-order valence-electron chi connectivity index (χ3n) is 2.59. The van der Waals surface area contributed by atoms with Crippen molar-refractivity contribution in [3.63, 3.8) is 0 Å². The fourth-order valence-electron chi connectivity index (χ4n) is 1.92. The maximum absolute atomic E-state index is 5.44. The molecule has 0 aliphatic heterocycles. The van der Waals surface area contributed by atoms with Crippen LogP contribution in [0.3, 0.4) is 0 Å². The summed E-state index contributed by atoms with van der Waals surface area (Å²) in [7, 11) is 0. The first-order chi connectivity index (χ1) is 5.38. The van der Waals surface area contributed by atoms with Gasteiger partial charge in [0.15, 0.2) is 0 Å². The lowest BCUT2D eigenvalue weighted by atomic mass is 9.83. The highest BCUT2D eigenvalue weighted by Crippen LogP contribution is 2.26. The van der Waals surface area contributed by atoms with Crippen molar-refractivity contribution in [1.29, 1.82) is 0 Å². The minimum atomic E-state index is 0.529. The van der Waals surface area contributed by atoms with E-state index < -0.39 is 0 Å². The molecule has 0 radical (unpaired) electrons. The van der Waals surface area contributed by atoms with Gasteiger partial charge >= 0.3 is 0 Å². The Balaban J connectivity index is 2.37. The molecule has 64 valence electrons. The molecule has 0 unspecified atom stereocenters. The zero-order valence-corrected chi connectivity index (χ0v) is 7.05. The number of rotatable bonds is 3. The average Bonchev–Trinajstić information content (AvgIpc) is 2.06. The van der Waals surface area contributed by atoms with E-state index in [1.165, 1.54) is 25.7 Å². The van der Waals surface area contributed by atoms with Crippen LogP contribution in [-0.2, 0) is 0 Å². The van der Waals surface area contributed by atoms with E-state index in [0.29, 0.717) is 6.04 Å². The van der Waals surface area contributed by atoms with Crippen molar-refractivity contribution >= 4 is 0 Å². The summed E-state index contributed by atoms with van der Waals surface area (Å²) in [6.45, 7) is 3.75. The number of hydrazine groups is 1. The van der Waals surface area contributed by atoms with Gasteiger partial charge in [0.2, 0.25) is 0 Å². The van der Waals surface area contributed by atoms with Gasteiger partial charge in [0.25, 0.3) is 0 Å². The number of hydrogen-bond donors (Lipinski definition) is 2. The molecule has 0 bridgehead atoms. The van der Waals surface area contributed by atoms with Crippen molar-refractivity contribution in [2.45, 2.75) is 38.1 Å². The third-order valence-corrected chi connectivity index (χ3v) is 2.59. The molecule has 1 aliphatic carbocycles. The van der Waals surface area contributed by atoms with E-state index in [1.807, 2.05) is 6.08 Å². The summed E-state index contributed by atoms with van der Waals surface area (Å²) in [6, 6.07) is 0.529.